The molecule has 0 bridgehead atoms. The van der Waals surface area contributed by atoms with Crippen molar-refractivity contribution in [1.29, 1.82) is 0 Å². The van der Waals surface area contributed by atoms with Gasteiger partial charge in [0, 0.05) is 5.56 Å². The Kier molecular flexibility index (Phi) is 3.89. The molecule has 0 saturated carbocycles. The van der Waals surface area contributed by atoms with Crippen LogP contribution in [0.25, 0.3) is 0 Å². The Bertz CT molecular complexity index is 667. The number of aromatic nitrogens is 1. The summed E-state index contributed by atoms with van der Waals surface area (Å²) in [6.07, 6.45) is 0.937. The van der Waals surface area contributed by atoms with Crippen LogP contribution in [0.3, 0.4) is 0 Å². The standard InChI is InChI=1S/C15H11FN2O/c1-11-2-4-12(5-3-11)6-7-13-8-9-14(16)15(18-13)10-17-19/h2-5,8-10,19H,1H3/b17-10+. The van der Waals surface area contributed by atoms with E-state index in [1.54, 1.807) is 0 Å². The lowest BCUT2D eigenvalue weighted by Crippen LogP contribution is -1.95. The molecule has 2 aromatic rings. The summed E-state index contributed by atoms with van der Waals surface area (Å²) in [6.45, 7) is 2.00. The molecule has 1 N–H and O–H groups in total. The van der Waals surface area contributed by atoms with Gasteiger partial charge in [0.2, 0.25) is 0 Å². The van der Waals surface area contributed by atoms with Gasteiger partial charge in [0.05, 0.1) is 6.21 Å². The largest absolute Gasteiger partial charge is 0.411 e. The number of hydrogen-bond acceptors (Lipinski definition) is 3. The molecule has 0 unspecified atom stereocenters. The molecule has 0 aliphatic rings. The number of nitrogens with zero attached hydrogens (tertiary/aromatic N) is 2. The van der Waals surface area contributed by atoms with E-state index >= 15 is 0 Å². The van der Waals surface area contributed by atoms with E-state index in [1.165, 1.54) is 12.1 Å². The topological polar surface area (TPSA) is 45.5 Å². The zero-order valence-electron chi connectivity index (χ0n) is 10.3. The van der Waals surface area contributed by atoms with Crippen molar-refractivity contribution < 1.29 is 9.60 Å². The van der Waals surface area contributed by atoms with Gasteiger partial charge >= 0.3 is 0 Å². The van der Waals surface area contributed by atoms with Crippen molar-refractivity contribution in [2.24, 2.45) is 5.16 Å². The summed E-state index contributed by atoms with van der Waals surface area (Å²) < 4.78 is 13.3. The van der Waals surface area contributed by atoms with Crippen LogP contribution >= 0.6 is 0 Å². The van der Waals surface area contributed by atoms with Gasteiger partial charge < -0.3 is 5.21 Å². The van der Waals surface area contributed by atoms with Crippen LogP contribution in [0.1, 0.15) is 22.5 Å². The van der Waals surface area contributed by atoms with Crippen molar-refractivity contribution in [3.8, 4) is 11.8 Å². The number of aryl methyl sites for hydroxylation is 1. The minimum Gasteiger partial charge on any atom is -0.411 e. The van der Waals surface area contributed by atoms with Crippen LogP contribution in [0, 0.1) is 24.6 Å². The highest BCUT2D eigenvalue weighted by molar-refractivity contribution is 5.76. The van der Waals surface area contributed by atoms with Gasteiger partial charge in [-0.15, -0.1) is 0 Å². The molecule has 94 valence electrons. The number of hydrogen-bond donors (Lipinski definition) is 1. The summed E-state index contributed by atoms with van der Waals surface area (Å²) in [6, 6.07) is 10.5. The van der Waals surface area contributed by atoms with Crippen LogP contribution in [0.4, 0.5) is 4.39 Å². The van der Waals surface area contributed by atoms with E-state index in [0.29, 0.717) is 5.69 Å². The molecular formula is C15H11FN2O. The van der Waals surface area contributed by atoms with Crippen molar-refractivity contribution in [2.45, 2.75) is 6.92 Å². The second kappa shape index (κ2) is 5.78. The summed E-state index contributed by atoms with van der Waals surface area (Å²) in [5, 5.41) is 11.2. The zero-order valence-corrected chi connectivity index (χ0v) is 10.3. The molecule has 1 heterocycles. The molecule has 1 aromatic heterocycles. The molecule has 0 radical (unpaired) electrons. The first-order valence-electron chi connectivity index (χ1n) is 5.62. The van der Waals surface area contributed by atoms with E-state index in [-0.39, 0.29) is 5.69 Å². The Morgan fingerprint density at radius 3 is 2.58 bits per heavy atom. The van der Waals surface area contributed by atoms with Gasteiger partial charge in [0.15, 0.2) is 5.82 Å². The van der Waals surface area contributed by atoms with E-state index < -0.39 is 5.82 Å². The molecule has 19 heavy (non-hydrogen) atoms. The Balaban J connectivity index is 2.29. The second-order valence-corrected chi connectivity index (χ2v) is 3.92. The fraction of sp³-hybridized carbons (Fsp3) is 0.0667. The van der Waals surface area contributed by atoms with Gasteiger partial charge in [0.1, 0.15) is 11.4 Å². The van der Waals surface area contributed by atoms with Crippen molar-refractivity contribution in [1.82, 2.24) is 4.98 Å². The van der Waals surface area contributed by atoms with Gasteiger partial charge in [-0.1, -0.05) is 28.8 Å². The smallest absolute Gasteiger partial charge is 0.150 e. The molecule has 0 amide bonds. The SMILES string of the molecule is Cc1ccc(C#Cc2ccc(F)c(/C=N/O)n2)cc1. The van der Waals surface area contributed by atoms with Crippen molar-refractivity contribution in [3.63, 3.8) is 0 Å². The lowest BCUT2D eigenvalue weighted by atomic mass is 10.1. The van der Waals surface area contributed by atoms with Gasteiger partial charge in [-0.25, -0.2) is 9.37 Å². The highest BCUT2D eigenvalue weighted by atomic mass is 19.1. The van der Waals surface area contributed by atoms with Gasteiger partial charge in [-0.3, -0.25) is 0 Å². The molecule has 1 aromatic carbocycles. The highest BCUT2D eigenvalue weighted by Gasteiger charge is 2.01. The monoisotopic (exact) mass is 254 g/mol. The van der Waals surface area contributed by atoms with Gasteiger partial charge in [-0.05, 0) is 37.1 Å². The van der Waals surface area contributed by atoms with Crippen molar-refractivity contribution >= 4 is 6.21 Å². The average molecular weight is 254 g/mol. The number of benzene rings is 1. The van der Waals surface area contributed by atoms with Crippen molar-refractivity contribution in [3.05, 3.63) is 64.7 Å². The maximum atomic E-state index is 13.3. The Morgan fingerprint density at radius 1 is 1.16 bits per heavy atom. The molecule has 0 aliphatic heterocycles. The number of halogens is 1. The van der Waals surface area contributed by atoms with Gasteiger partial charge in [-0.2, -0.15) is 0 Å². The van der Waals surface area contributed by atoms with E-state index in [2.05, 4.69) is 22.0 Å². The predicted octanol–water partition coefficient (Wildman–Crippen LogP) is 2.74. The molecular weight excluding hydrogens is 243 g/mol. The summed E-state index contributed by atoms with van der Waals surface area (Å²) in [5.41, 5.74) is 2.39. The maximum absolute atomic E-state index is 13.3. The van der Waals surface area contributed by atoms with Crippen LogP contribution < -0.4 is 0 Å². The summed E-state index contributed by atoms with van der Waals surface area (Å²) in [7, 11) is 0. The number of rotatable bonds is 1. The maximum Gasteiger partial charge on any atom is 0.150 e. The molecule has 0 aliphatic carbocycles. The highest BCUT2D eigenvalue weighted by Crippen LogP contribution is 2.04. The third kappa shape index (κ3) is 3.39. The lowest BCUT2D eigenvalue weighted by Gasteiger charge is -1.95. The summed E-state index contributed by atoms with van der Waals surface area (Å²) >= 11 is 0. The Morgan fingerprint density at radius 2 is 1.89 bits per heavy atom. The molecule has 2 rings (SSSR count). The van der Waals surface area contributed by atoms with Crippen LogP contribution in [0.15, 0.2) is 41.6 Å². The molecule has 0 spiro atoms. The minimum absolute atomic E-state index is 0.0433. The summed E-state index contributed by atoms with van der Waals surface area (Å²) in [5.74, 6) is 5.21. The number of oxime groups is 1. The van der Waals surface area contributed by atoms with E-state index in [1.807, 2.05) is 31.2 Å². The van der Waals surface area contributed by atoms with Crippen molar-refractivity contribution in [2.75, 3.05) is 0 Å². The predicted molar refractivity (Wildman–Crippen MR) is 70.7 cm³/mol. The lowest BCUT2D eigenvalue weighted by molar-refractivity contribution is 0.321. The zero-order chi connectivity index (χ0) is 13.7. The van der Waals surface area contributed by atoms with Crippen LogP contribution in [-0.2, 0) is 0 Å². The first kappa shape index (κ1) is 12.8. The fourth-order valence-electron chi connectivity index (χ4n) is 1.45. The van der Waals surface area contributed by atoms with E-state index in [0.717, 1.165) is 17.3 Å². The van der Waals surface area contributed by atoms with Gasteiger partial charge in [0.25, 0.3) is 0 Å². The Hall–Kier alpha value is -2.67. The molecule has 0 saturated heterocycles. The third-order valence-corrected chi connectivity index (χ3v) is 2.44. The molecule has 3 nitrogen and oxygen atoms in total. The quantitative estimate of drug-likeness (QED) is 0.368. The minimum atomic E-state index is -0.557. The van der Waals surface area contributed by atoms with Crippen LogP contribution in [-0.4, -0.2) is 16.4 Å². The fourth-order valence-corrected chi connectivity index (χ4v) is 1.45. The first-order chi connectivity index (χ1) is 9.19. The molecule has 4 heteroatoms. The van der Waals surface area contributed by atoms with E-state index in [9.17, 15) is 4.39 Å². The normalized spacial score (nSPS) is 10.2. The molecule has 0 atom stereocenters. The first-order valence-corrected chi connectivity index (χ1v) is 5.62. The molecule has 0 fully saturated rings. The Labute approximate surface area is 110 Å². The van der Waals surface area contributed by atoms with Crippen LogP contribution in [0.2, 0.25) is 0 Å². The average Bonchev–Trinajstić information content (AvgIpc) is 2.42. The van der Waals surface area contributed by atoms with Crippen LogP contribution in [0.5, 0.6) is 0 Å². The second-order valence-electron chi connectivity index (χ2n) is 3.92. The number of pyridine rings is 1. The van der Waals surface area contributed by atoms with E-state index in [4.69, 9.17) is 5.21 Å². The summed E-state index contributed by atoms with van der Waals surface area (Å²) in [4.78, 5) is 3.94. The third-order valence-electron chi connectivity index (χ3n) is 2.44.